The van der Waals surface area contributed by atoms with Gasteiger partial charge in [-0.05, 0) is 66.3 Å². The molecule has 1 aliphatic carbocycles. The first-order valence-corrected chi connectivity index (χ1v) is 14.9. The number of benzene rings is 2. The number of rotatable bonds is 5. The zero-order valence-electron chi connectivity index (χ0n) is 24.3. The van der Waals surface area contributed by atoms with Gasteiger partial charge < -0.3 is 20.8 Å². The maximum Gasteiger partial charge on any atom is 0.490 e. The molecule has 6 atom stereocenters. The Morgan fingerprint density at radius 2 is 1.75 bits per heavy atom. The van der Waals surface area contributed by atoms with Gasteiger partial charge in [-0.2, -0.15) is 13.2 Å². The maximum absolute atomic E-state index is 15.8. The molecule has 1 spiro atoms. The molecule has 2 fully saturated rings. The van der Waals surface area contributed by atoms with Gasteiger partial charge in [-0.15, -0.1) is 0 Å². The predicted octanol–water partition coefficient (Wildman–Crippen LogP) is 6.64. The summed E-state index contributed by atoms with van der Waals surface area (Å²) in [6, 6.07) is 8.79. The summed E-state index contributed by atoms with van der Waals surface area (Å²) in [5.74, 6) is -4.48. The lowest BCUT2D eigenvalue weighted by atomic mass is 9.62. The van der Waals surface area contributed by atoms with Gasteiger partial charge in [0.1, 0.15) is 11.2 Å². The van der Waals surface area contributed by atoms with Gasteiger partial charge in [0.05, 0.1) is 17.2 Å². The smallest absolute Gasteiger partial charge is 0.475 e. The van der Waals surface area contributed by atoms with Crippen LogP contribution in [0.4, 0.5) is 23.2 Å². The van der Waals surface area contributed by atoms with Crippen LogP contribution in [0.25, 0.3) is 0 Å². The normalized spacial score (nSPS) is 28.0. The van der Waals surface area contributed by atoms with Crippen molar-refractivity contribution in [2.45, 2.75) is 88.6 Å². The summed E-state index contributed by atoms with van der Waals surface area (Å²) < 4.78 is 47.5. The quantitative estimate of drug-likeness (QED) is 0.268. The third-order valence-corrected chi connectivity index (χ3v) is 9.06. The minimum absolute atomic E-state index is 0.0493. The second kappa shape index (κ2) is 12.6. The second-order valence-electron chi connectivity index (χ2n) is 12.9. The third kappa shape index (κ3) is 6.76. The van der Waals surface area contributed by atoms with Crippen molar-refractivity contribution >= 4 is 46.5 Å². The number of carbonyl (C=O) groups excluding carboxylic acids is 2. The Hall–Kier alpha value is -2.73. The highest BCUT2D eigenvalue weighted by atomic mass is 35.5. The molecule has 3 aliphatic rings. The number of Topliss-reactive ketones (excluding diaryl/α,β-unsaturated/α-hetero) is 1. The van der Waals surface area contributed by atoms with E-state index in [-0.39, 0.29) is 40.0 Å². The molecule has 240 valence electrons. The van der Waals surface area contributed by atoms with Crippen LogP contribution in [0.15, 0.2) is 36.4 Å². The van der Waals surface area contributed by atoms with E-state index in [1.54, 1.807) is 24.3 Å². The molecule has 0 aromatic heterocycles. The van der Waals surface area contributed by atoms with E-state index in [1.807, 2.05) is 6.07 Å². The van der Waals surface area contributed by atoms with Crippen LogP contribution in [0.1, 0.15) is 69.9 Å². The standard InChI is InChI=1S/C29H33Cl2FN2O3.C2HF3O2/c1-28(2,3)14-23-29(19-10-8-16(30)13-21(19)33-27(29)37)24(18-5-4-6-20(31)25(18)32)26(34-23)22(36)12-15-7-9-17(35)11-15;3-2(4,5)1(6)7/h4-6,8,10,13,15,17,23-24,26,34-35H,7,9,11-12,14H2,1-3H3,(H,33,37);(H,6,7)/t15-,17-,23+,24-,26-,29-;/m0./s1. The number of hydrogen-bond donors (Lipinski definition) is 4. The molecule has 2 aromatic rings. The molecule has 7 nitrogen and oxygen atoms in total. The van der Waals surface area contributed by atoms with Crippen LogP contribution in [-0.2, 0) is 19.8 Å². The van der Waals surface area contributed by atoms with Crippen LogP contribution in [0.3, 0.4) is 0 Å². The van der Waals surface area contributed by atoms with Crippen molar-refractivity contribution in [3.05, 3.63) is 63.4 Å². The van der Waals surface area contributed by atoms with Gasteiger partial charge in [0, 0.05) is 29.1 Å². The van der Waals surface area contributed by atoms with Crippen molar-refractivity contribution in [3.8, 4) is 0 Å². The van der Waals surface area contributed by atoms with E-state index in [1.165, 1.54) is 6.07 Å². The van der Waals surface area contributed by atoms with E-state index in [0.29, 0.717) is 35.5 Å². The van der Waals surface area contributed by atoms with E-state index in [0.717, 1.165) is 6.42 Å². The van der Waals surface area contributed by atoms with E-state index >= 15 is 4.39 Å². The first kappa shape index (κ1) is 34.1. The lowest BCUT2D eigenvalue weighted by molar-refractivity contribution is -0.192. The predicted molar refractivity (Wildman–Crippen MR) is 157 cm³/mol. The highest BCUT2D eigenvalue weighted by Crippen LogP contribution is 2.57. The number of halogens is 6. The van der Waals surface area contributed by atoms with Crippen molar-refractivity contribution < 1.29 is 42.2 Å². The average molecular weight is 662 g/mol. The molecule has 2 aliphatic heterocycles. The molecule has 0 unspecified atom stereocenters. The van der Waals surface area contributed by atoms with Gasteiger partial charge in [-0.3, -0.25) is 9.59 Å². The van der Waals surface area contributed by atoms with Crippen LogP contribution in [0, 0.1) is 17.2 Å². The fraction of sp³-hybridized carbons (Fsp3) is 0.516. The number of ketones is 1. The zero-order valence-corrected chi connectivity index (χ0v) is 25.8. The lowest BCUT2D eigenvalue weighted by Crippen LogP contribution is -2.49. The van der Waals surface area contributed by atoms with E-state index in [2.05, 4.69) is 31.4 Å². The van der Waals surface area contributed by atoms with Crippen molar-refractivity contribution in [2.75, 3.05) is 5.32 Å². The number of amides is 1. The van der Waals surface area contributed by atoms with Crippen LogP contribution in [-0.4, -0.2) is 52.2 Å². The second-order valence-corrected chi connectivity index (χ2v) is 13.7. The molecular weight excluding hydrogens is 627 g/mol. The Morgan fingerprint density at radius 3 is 2.32 bits per heavy atom. The number of aliphatic hydroxyl groups excluding tert-OH is 1. The van der Waals surface area contributed by atoms with Crippen LogP contribution >= 0.6 is 23.2 Å². The summed E-state index contributed by atoms with van der Waals surface area (Å²) in [5, 5.41) is 24.1. The van der Waals surface area contributed by atoms with Gasteiger partial charge in [-0.1, -0.05) is 62.2 Å². The molecule has 1 saturated heterocycles. The van der Waals surface area contributed by atoms with E-state index in [9.17, 15) is 27.9 Å². The maximum atomic E-state index is 15.8. The molecule has 1 saturated carbocycles. The van der Waals surface area contributed by atoms with Crippen molar-refractivity contribution in [3.63, 3.8) is 0 Å². The van der Waals surface area contributed by atoms with Crippen molar-refractivity contribution in [1.82, 2.24) is 5.32 Å². The van der Waals surface area contributed by atoms with Gasteiger partial charge in [0.15, 0.2) is 5.78 Å². The summed E-state index contributed by atoms with van der Waals surface area (Å²) in [4.78, 5) is 37.0. The molecule has 0 radical (unpaired) electrons. The number of carboxylic acids is 1. The van der Waals surface area contributed by atoms with E-state index in [4.69, 9.17) is 33.1 Å². The average Bonchev–Trinajstić information content (AvgIpc) is 3.54. The Kier molecular flexibility index (Phi) is 9.76. The summed E-state index contributed by atoms with van der Waals surface area (Å²) >= 11 is 12.5. The lowest BCUT2D eigenvalue weighted by Gasteiger charge is -2.37. The first-order valence-electron chi connectivity index (χ1n) is 14.2. The Morgan fingerprint density at radius 1 is 1.09 bits per heavy atom. The highest BCUT2D eigenvalue weighted by molar-refractivity contribution is 6.31. The Labute approximate surface area is 262 Å². The number of alkyl halides is 3. The number of nitrogens with one attached hydrogen (secondary N) is 2. The summed E-state index contributed by atoms with van der Waals surface area (Å²) in [6.07, 6.45) is -2.61. The number of carbonyl (C=O) groups is 3. The minimum atomic E-state index is -5.08. The molecule has 44 heavy (non-hydrogen) atoms. The van der Waals surface area contributed by atoms with Crippen LogP contribution < -0.4 is 10.6 Å². The molecular formula is C31H34Cl2F4N2O5. The largest absolute Gasteiger partial charge is 0.490 e. The Balaban J connectivity index is 0.000000566. The summed E-state index contributed by atoms with van der Waals surface area (Å²) in [5.41, 5.74) is 0.107. The Bertz CT molecular complexity index is 1450. The van der Waals surface area contributed by atoms with Gasteiger partial charge in [0.25, 0.3) is 0 Å². The monoisotopic (exact) mass is 660 g/mol. The summed E-state index contributed by atoms with van der Waals surface area (Å²) in [7, 11) is 0. The van der Waals surface area contributed by atoms with E-state index < -0.39 is 47.5 Å². The molecule has 2 heterocycles. The van der Waals surface area contributed by atoms with Crippen molar-refractivity contribution in [1.29, 1.82) is 0 Å². The molecule has 5 rings (SSSR count). The van der Waals surface area contributed by atoms with Crippen LogP contribution in [0.2, 0.25) is 10.0 Å². The minimum Gasteiger partial charge on any atom is -0.475 e. The zero-order chi connectivity index (χ0) is 32.8. The number of anilines is 1. The van der Waals surface area contributed by atoms with Gasteiger partial charge in [-0.25, -0.2) is 9.18 Å². The number of hydrogen-bond acceptors (Lipinski definition) is 5. The van der Waals surface area contributed by atoms with Gasteiger partial charge >= 0.3 is 12.1 Å². The van der Waals surface area contributed by atoms with Crippen molar-refractivity contribution in [2.24, 2.45) is 11.3 Å². The fourth-order valence-corrected chi connectivity index (χ4v) is 7.20. The summed E-state index contributed by atoms with van der Waals surface area (Å²) in [6.45, 7) is 6.26. The molecule has 1 amide bonds. The number of aliphatic hydroxyl groups is 1. The number of carboxylic acid groups (broad SMARTS) is 1. The SMILES string of the molecule is CC(C)(C)C[C@H]1N[C@@H](C(=O)C[C@H]2CC[C@H](O)C2)[C@H](c2cccc(Cl)c2F)[C@@]12C(=O)Nc1cc(Cl)ccc12.O=C(O)C(F)(F)F. The molecule has 13 heteroatoms. The molecule has 0 bridgehead atoms. The first-order chi connectivity index (χ1) is 20.4. The number of aliphatic carboxylic acids is 1. The van der Waals surface area contributed by atoms with Crippen LogP contribution in [0.5, 0.6) is 0 Å². The topological polar surface area (TPSA) is 116 Å². The highest BCUT2D eigenvalue weighted by Gasteiger charge is 2.66. The third-order valence-electron chi connectivity index (χ3n) is 8.53. The number of fused-ring (bicyclic) bond motifs is 2. The molecule has 2 aromatic carbocycles. The fourth-order valence-electron chi connectivity index (χ4n) is 6.85. The van der Waals surface area contributed by atoms with Gasteiger partial charge in [0.2, 0.25) is 5.91 Å². The molecule has 4 N–H and O–H groups in total.